The highest BCUT2D eigenvalue weighted by atomic mass is 32.2. The smallest absolute Gasteiger partial charge is 0.307 e. The van der Waals surface area contributed by atoms with Crippen LogP contribution in [0.5, 0.6) is 0 Å². The van der Waals surface area contributed by atoms with Crippen molar-refractivity contribution < 1.29 is 32.6 Å². The minimum atomic E-state index is -3.66. The largest absolute Gasteiger partial charge is 0.481 e. The summed E-state index contributed by atoms with van der Waals surface area (Å²) in [6.45, 7) is 1.20. The van der Waals surface area contributed by atoms with Gasteiger partial charge in [0.05, 0.1) is 42.6 Å². The molecule has 2 rings (SSSR count). The van der Waals surface area contributed by atoms with E-state index in [9.17, 15) is 22.8 Å². The van der Waals surface area contributed by atoms with Gasteiger partial charge >= 0.3 is 5.97 Å². The number of carbonyl (C=O) groups excluding carboxylic acids is 2. The molecule has 0 saturated heterocycles. The average Bonchev–Trinajstić information content (AvgIpc) is 2.86. The summed E-state index contributed by atoms with van der Waals surface area (Å²) in [6, 6.07) is 6.51. The van der Waals surface area contributed by atoms with Gasteiger partial charge in [0.2, 0.25) is 10.0 Å². The van der Waals surface area contributed by atoms with E-state index in [4.69, 9.17) is 9.84 Å². The Kier molecular flexibility index (Phi) is 6.68. The number of carboxylic acid groups (broad SMARTS) is 1. The maximum Gasteiger partial charge on any atom is 0.307 e. The fourth-order valence-electron chi connectivity index (χ4n) is 2.60. The van der Waals surface area contributed by atoms with E-state index >= 15 is 0 Å². The Hall–Kier alpha value is -2.30. The number of benzene rings is 1. The van der Waals surface area contributed by atoms with Gasteiger partial charge in [-0.15, -0.1) is 0 Å². The molecule has 0 bridgehead atoms. The van der Waals surface area contributed by atoms with Crippen molar-refractivity contribution in [2.24, 2.45) is 5.92 Å². The van der Waals surface area contributed by atoms with Crippen molar-refractivity contribution in [3.8, 4) is 0 Å². The third-order valence-electron chi connectivity index (χ3n) is 4.25. The summed E-state index contributed by atoms with van der Waals surface area (Å²) < 4.78 is 30.4. The summed E-state index contributed by atoms with van der Waals surface area (Å²) in [5.74, 6) is -3.00. The molecule has 10 heteroatoms. The lowest BCUT2D eigenvalue weighted by Crippen LogP contribution is -2.36. The van der Waals surface area contributed by atoms with Crippen molar-refractivity contribution in [2.45, 2.75) is 6.92 Å². The number of hydrogen-bond acceptors (Lipinski definition) is 6. The molecule has 1 aliphatic rings. The van der Waals surface area contributed by atoms with Gasteiger partial charge < -0.3 is 9.84 Å². The van der Waals surface area contributed by atoms with Crippen LogP contribution in [0, 0.1) is 5.92 Å². The fourth-order valence-corrected chi connectivity index (χ4v) is 3.69. The standard InChI is InChI=1S/C17H22N2O7S/c1-12(17(22)23)11-18(2)27(24,25)10-9-26-8-7-19-15(20)13-5-3-4-6-14(13)16(19)21/h3-6,12H,7-11H2,1-2H3,(H,22,23). The maximum atomic E-state index is 12.2. The Bertz CT molecular complexity index is 802. The molecule has 0 spiro atoms. The number of carboxylic acids is 1. The molecule has 1 atom stereocenters. The molecule has 1 aliphatic heterocycles. The number of sulfonamides is 1. The Morgan fingerprint density at radius 3 is 2.26 bits per heavy atom. The van der Waals surface area contributed by atoms with Crippen LogP contribution in [0.25, 0.3) is 0 Å². The van der Waals surface area contributed by atoms with E-state index in [1.165, 1.54) is 14.0 Å². The first-order chi connectivity index (χ1) is 12.6. The van der Waals surface area contributed by atoms with Crippen LogP contribution in [-0.4, -0.2) is 79.6 Å². The molecule has 0 aromatic heterocycles. The van der Waals surface area contributed by atoms with Gasteiger partial charge in [-0.1, -0.05) is 19.1 Å². The minimum absolute atomic E-state index is 0.0102. The summed E-state index contributed by atoms with van der Waals surface area (Å²) in [5, 5.41) is 8.85. The fraction of sp³-hybridized carbons (Fsp3) is 0.471. The van der Waals surface area contributed by atoms with Crippen LogP contribution in [-0.2, 0) is 19.6 Å². The molecular weight excluding hydrogens is 376 g/mol. The summed E-state index contributed by atoms with van der Waals surface area (Å²) >= 11 is 0. The molecular formula is C17H22N2O7S. The molecule has 1 aromatic rings. The first-order valence-electron chi connectivity index (χ1n) is 8.35. The lowest BCUT2D eigenvalue weighted by Gasteiger charge is -2.19. The van der Waals surface area contributed by atoms with Crippen LogP contribution < -0.4 is 0 Å². The number of rotatable bonds is 10. The average molecular weight is 398 g/mol. The molecule has 1 unspecified atom stereocenters. The monoisotopic (exact) mass is 398 g/mol. The number of carbonyl (C=O) groups is 3. The highest BCUT2D eigenvalue weighted by Crippen LogP contribution is 2.21. The van der Waals surface area contributed by atoms with E-state index in [0.717, 1.165) is 9.21 Å². The number of hydrogen-bond donors (Lipinski definition) is 1. The van der Waals surface area contributed by atoms with Gasteiger partial charge in [-0.05, 0) is 12.1 Å². The van der Waals surface area contributed by atoms with Crippen LogP contribution in [0.2, 0.25) is 0 Å². The second-order valence-corrected chi connectivity index (χ2v) is 8.45. The highest BCUT2D eigenvalue weighted by Gasteiger charge is 2.34. The molecule has 0 fully saturated rings. The van der Waals surface area contributed by atoms with Crippen LogP contribution in [0.15, 0.2) is 24.3 Å². The molecule has 2 amide bonds. The van der Waals surface area contributed by atoms with Crippen molar-refractivity contribution in [1.29, 1.82) is 0 Å². The zero-order valence-corrected chi connectivity index (χ0v) is 15.9. The van der Waals surface area contributed by atoms with Gasteiger partial charge in [0, 0.05) is 13.6 Å². The summed E-state index contributed by atoms with van der Waals surface area (Å²) in [7, 11) is -2.34. The zero-order valence-electron chi connectivity index (χ0n) is 15.1. The van der Waals surface area contributed by atoms with Crippen molar-refractivity contribution >= 4 is 27.8 Å². The number of fused-ring (bicyclic) bond motifs is 1. The molecule has 1 aromatic carbocycles. The van der Waals surface area contributed by atoms with Crippen molar-refractivity contribution in [2.75, 3.05) is 39.1 Å². The third-order valence-corrected chi connectivity index (χ3v) is 6.03. The number of imide groups is 1. The summed E-state index contributed by atoms with van der Waals surface area (Å²) in [5.41, 5.74) is 0.693. The number of nitrogens with zero attached hydrogens (tertiary/aromatic N) is 2. The Balaban J connectivity index is 1.77. The lowest BCUT2D eigenvalue weighted by atomic mass is 10.1. The molecule has 9 nitrogen and oxygen atoms in total. The van der Waals surface area contributed by atoms with Gasteiger partial charge in [-0.3, -0.25) is 19.3 Å². The van der Waals surface area contributed by atoms with Crippen molar-refractivity contribution in [1.82, 2.24) is 9.21 Å². The van der Waals surface area contributed by atoms with E-state index in [2.05, 4.69) is 0 Å². The van der Waals surface area contributed by atoms with Gasteiger partial charge in [0.15, 0.2) is 0 Å². The molecule has 1 N–H and O–H groups in total. The number of aliphatic carboxylic acids is 1. The molecule has 148 valence electrons. The van der Waals surface area contributed by atoms with Crippen LogP contribution >= 0.6 is 0 Å². The topological polar surface area (TPSA) is 121 Å². The molecule has 1 heterocycles. The third kappa shape index (κ3) is 4.90. The normalized spacial score (nSPS) is 15.3. The molecule has 0 aliphatic carbocycles. The van der Waals surface area contributed by atoms with E-state index in [-0.39, 0.29) is 32.1 Å². The molecule has 27 heavy (non-hydrogen) atoms. The van der Waals surface area contributed by atoms with Crippen molar-refractivity contribution in [3.63, 3.8) is 0 Å². The van der Waals surface area contributed by atoms with E-state index < -0.39 is 33.7 Å². The van der Waals surface area contributed by atoms with Gasteiger partial charge in [0.25, 0.3) is 11.8 Å². The Morgan fingerprint density at radius 2 is 1.74 bits per heavy atom. The predicted molar refractivity (Wildman–Crippen MR) is 95.8 cm³/mol. The highest BCUT2D eigenvalue weighted by molar-refractivity contribution is 7.89. The quantitative estimate of drug-likeness (QED) is 0.444. The van der Waals surface area contributed by atoms with Gasteiger partial charge in [-0.2, -0.15) is 0 Å². The second-order valence-electron chi connectivity index (χ2n) is 6.26. The van der Waals surface area contributed by atoms with Gasteiger partial charge in [0.1, 0.15) is 0 Å². The second kappa shape index (κ2) is 8.59. The predicted octanol–water partition coefficient (Wildman–Crippen LogP) is 0.282. The maximum absolute atomic E-state index is 12.2. The van der Waals surface area contributed by atoms with Gasteiger partial charge in [-0.25, -0.2) is 12.7 Å². The summed E-state index contributed by atoms with van der Waals surface area (Å²) in [6.07, 6.45) is 0. The summed E-state index contributed by atoms with van der Waals surface area (Å²) in [4.78, 5) is 36.2. The Labute approximate surface area is 157 Å². The van der Waals surface area contributed by atoms with Crippen LogP contribution in [0.3, 0.4) is 0 Å². The Morgan fingerprint density at radius 1 is 1.19 bits per heavy atom. The van der Waals surface area contributed by atoms with E-state index in [1.807, 2.05) is 0 Å². The van der Waals surface area contributed by atoms with Crippen LogP contribution in [0.4, 0.5) is 0 Å². The lowest BCUT2D eigenvalue weighted by molar-refractivity contribution is -0.141. The van der Waals surface area contributed by atoms with E-state index in [0.29, 0.717) is 11.1 Å². The number of ether oxygens (including phenoxy) is 1. The SMILES string of the molecule is CC(CN(C)S(=O)(=O)CCOCCN1C(=O)c2ccccc2C1=O)C(=O)O. The zero-order chi connectivity index (χ0) is 20.2. The minimum Gasteiger partial charge on any atom is -0.481 e. The number of amides is 2. The first-order valence-corrected chi connectivity index (χ1v) is 9.96. The molecule has 0 radical (unpaired) electrons. The van der Waals surface area contributed by atoms with Crippen LogP contribution in [0.1, 0.15) is 27.6 Å². The first kappa shape index (κ1) is 21.0. The van der Waals surface area contributed by atoms with E-state index in [1.54, 1.807) is 24.3 Å². The molecule has 0 saturated carbocycles. The van der Waals surface area contributed by atoms with Crippen molar-refractivity contribution in [3.05, 3.63) is 35.4 Å².